The van der Waals surface area contributed by atoms with Crippen LogP contribution in [0.25, 0.3) is 5.65 Å². The van der Waals surface area contributed by atoms with Crippen LogP contribution in [0.2, 0.25) is 0 Å². The van der Waals surface area contributed by atoms with E-state index in [2.05, 4.69) is 39.8 Å². The zero-order chi connectivity index (χ0) is 13.0. The lowest BCUT2D eigenvalue weighted by molar-refractivity contribution is 0.475. The van der Waals surface area contributed by atoms with Gasteiger partial charge in [0.2, 0.25) is 0 Å². The summed E-state index contributed by atoms with van der Waals surface area (Å²) in [7, 11) is 0. The first-order valence-corrected chi connectivity index (χ1v) is 6.61. The molecule has 2 heterocycles. The normalized spacial score (nSPS) is 13.1. The van der Waals surface area contributed by atoms with Gasteiger partial charge in [0.15, 0.2) is 5.65 Å². The summed E-state index contributed by atoms with van der Waals surface area (Å²) < 4.78 is 1.39. The van der Waals surface area contributed by atoms with E-state index in [0.717, 1.165) is 18.7 Å². The topological polar surface area (TPSA) is 68.0 Å². The molecule has 6 nitrogen and oxygen atoms in total. The van der Waals surface area contributed by atoms with Crippen molar-refractivity contribution in [2.45, 2.75) is 32.1 Å². The van der Waals surface area contributed by atoms with Crippen LogP contribution in [-0.4, -0.2) is 37.2 Å². The molecular weight excluding hydrogens is 252 g/mol. The molecular formula is C11H17ClN6. The molecule has 0 spiro atoms. The number of aromatic nitrogens is 5. The van der Waals surface area contributed by atoms with Gasteiger partial charge in [0.1, 0.15) is 5.82 Å². The standard InChI is InChI=1S/C11H17ClN6/c1-3-8(4-2)9(12)7-13-10-5-6-11-14-16-17-18(11)15-10/h5-6,8-9H,3-4,7H2,1-2H3,(H,13,15). The lowest BCUT2D eigenvalue weighted by atomic mass is 9.99. The molecule has 0 amide bonds. The minimum absolute atomic E-state index is 0.103. The molecule has 0 aromatic carbocycles. The average Bonchev–Trinajstić information content (AvgIpc) is 2.85. The molecule has 0 radical (unpaired) electrons. The lowest BCUT2D eigenvalue weighted by Crippen LogP contribution is -2.23. The van der Waals surface area contributed by atoms with E-state index >= 15 is 0 Å². The van der Waals surface area contributed by atoms with E-state index in [4.69, 9.17) is 11.6 Å². The quantitative estimate of drug-likeness (QED) is 0.812. The Kier molecular flexibility index (Phi) is 4.30. The third-order valence-electron chi connectivity index (χ3n) is 3.11. The number of rotatable bonds is 6. The SMILES string of the molecule is CCC(CC)C(Cl)CNc1ccc2nnnn2n1. The molecule has 2 rings (SSSR count). The maximum absolute atomic E-state index is 6.36. The van der Waals surface area contributed by atoms with Crippen LogP contribution in [0.15, 0.2) is 12.1 Å². The van der Waals surface area contributed by atoms with Crippen LogP contribution in [0, 0.1) is 5.92 Å². The number of alkyl halides is 1. The molecule has 0 aliphatic rings. The van der Waals surface area contributed by atoms with Crippen molar-refractivity contribution in [3.63, 3.8) is 0 Å². The number of nitrogens with zero attached hydrogens (tertiary/aromatic N) is 5. The summed E-state index contributed by atoms with van der Waals surface area (Å²) >= 11 is 6.36. The van der Waals surface area contributed by atoms with Crippen molar-refractivity contribution in [3.8, 4) is 0 Å². The minimum Gasteiger partial charge on any atom is -0.367 e. The predicted octanol–water partition coefficient (Wildman–Crippen LogP) is 1.97. The Morgan fingerprint density at radius 1 is 1.33 bits per heavy atom. The maximum Gasteiger partial charge on any atom is 0.200 e. The molecule has 7 heteroatoms. The van der Waals surface area contributed by atoms with Crippen molar-refractivity contribution in [2.75, 3.05) is 11.9 Å². The maximum atomic E-state index is 6.36. The van der Waals surface area contributed by atoms with Crippen LogP contribution < -0.4 is 5.32 Å². The smallest absolute Gasteiger partial charge is 0.200 e. The molecule has 0 fully saturated rings. The van der Waals surface area contributed by atoms with Gasteiger partial charge in [-0.25, -0.2) is 0 Å². The summed E-state index contributed by atoms with van der Waals surface area (Å²) in [5, 5.41) is 18.6. The molecule has 18 heavy (non-hydrogen) atoms. The fourth-order valence-electron chi connectivity index (χ4n) is 1.91. The number of nitrogens with one attached hydrogen (secondary N) is 1. The summed E-state index contributed by atoms with van der Waals surface area (Å²) in [5.41, 5.74) is 0.628. The molecule has 0 aliphatic heterocycles. The van der Waals surface area contributed by atoms with Crippen molar-refractivity contribution in [1.29, 1.82) is 0 Å². The van der Waals surface area contributed by atoms with Crippen LogP contribution in [0.5, 0.6) is 0 Å². The van der Waals surface area contributed by atoms with E-state index < -0.39 is 0 Å². The Morgan fingerprint density at radius 3 is 2.83 bits per heavy atom. The van der Waals surface area contributed by atoms with E-state index in [-0.39, 0.29) is 5.38 Å². The van der Waals surface area contributed by atoms with Gasteiger partial charge in [-0.05, 0) is 28.5 Å². The Balaban J connectivity index is 1.96. The first kappa shape index (κ1) is 13.0. The van der Waals surface area contributed by atoms with Crippen molar-refractivity contribution in [3.05, 3.63) is 12.1 Å². The van der Waals surface area contributed by atoms with Gasteiger partial charge >= 0.3 is 0 Å². The molecule has 1 atom stereocenters. The Labute approximate surface area is 111 Å². The highest BCUT2D eigenvalue weighted by Crippen LogP contribution is 2.18. The highest BCUT2D eigenvalue weighted by molar-refractivity contribution is 6.21. The van der Waals surface area contributed by atoms with Gasteiger partial charge in [0, 0.05) is 6.54 Å². The van der Waals surface area contributed by atoms with Gasteiger partial charge in [-0.15, -0.1) is 26.4 Å². The number of hydrogen-bond acceptors (Lipinski definition) is 5. The zero-order valence-corrected chi connectivity index (χ0v) is 11.3. The number of fused-ring (bicyclic) bond motifs is 1. The van der Waals surface area contributed by atoms with Crippen LogP contribution >= 0.6 is 11.6 Å². The zero-order valence-electron chi connectivity index (χ0n) is 10.5. The minimum atomic E-state index is 0.103. The number of hydrogen-bond donors (Lipinski definition) is 1. The van der Waals surface area contributed by atoms with Crippen molar-refractivity contribution in [1.82, 2.24) is 25.3 Å². The molecule has 2 aromatic rings. The predicted molar refractivity (Wildman–Crippen MR) is 70.8 cm³/mol. The van der Waals surface area contributed by atoms with E-state index in [1.165, 1.54) is 4.63 Å². The lowest BCUT2D eigenvalue weighted by Gasteiger charge is -2.19. The van der Waals surface area contributed by atoms with Gasteiger partial charge in [-0.2, -0.15) is 0 Å². The summed E-state index contributed by atoms with van der Waals surface area (Å²) in [6.07, 6.45) is 2.18. The van der Waals surface area contributed by atoms with Gasteiger partial charge in [0.25, 0.3) is 0 Å². The first-order valence-electron chi connectivity index (χ1n) is 6.18. The highest BCUT2D eigenvalue weighted by atomic mass is 35.5. The Bertz CT molecular complexity index is 495. The van der Waals surface area contributed by atoms with E-state index in [9.17, 15) is 0 Å². The fraction of sp³-hybridized carbons (Fsp3) is 0.636. The van der Waals surface area contributed by atoms with Gasteiger partial charge in [0.05, 0.1) is 5.38 Å². The van der Waals surface area contributed by atoms with Crippen molar-refractivity contribution < 1.29 is 0 Å². The summed E-state index contributed by atoms with van der Waals surface area (Å²) in [5.74, 6) is 1.25. The molecule has 1 N–H and O–H groups in total. The second kappa shape index (κ2) is 5.95. The van der Waals surface area contributed by atoms with E-state index in [1.807, 2.05) is 12.1 Å². The number of halogens is 1. The summed E-state index contributed by atoms with van der Waals surface area (Å²) in [6, 6.07) is 3.66. The fourth-order valence-corrected chi connectivity index (χ4v) is 2.35. The molecule has 1 unspecified atom stereocenters. The molecule has 0 bridgehead atoms. The van der Waals surface area contributed by atoms with Crippen molar-refractivity contribution in [2.24, 2.45) is 5.92 Å². The van der Waals surface area contributed by atoms with Gasteiger partial charge in [-0.1, -0.05) is 26.7 Å². The van der Waals surface area contributed by atoms with Crippen LogP contribution in [0.4, 0.5) is 5.82 Å². The second-order valence-electron chi connectivity index (χ2n) is 4.22. The van der Waals surface area contributed by atoms with Gasteiger partial charge < -0.3 is 5.32 Å². The largest absolute Gasteiger partial charge is 0.367 e. The molecule has 2 aromatic heterocycles. The van der Waals surface area contributed by atoms with Crippen LogP contribution in [0.3, 0.4) is 0 Å². The Hall–Kier alpha value is -1.43. The third-order valence-corrected chi connectivity index (χ3v) is 3.62. The van der Waals surface area contributed by atoms with Crippen LogP contribution in [-0.2, 0) is 0 Å². The summed E-state index contributed by atoms with van der Waals surface area (Å²) in [6.45, 7) is 5.01. The molecule has 0 saturated carbocycles. The van der Waals surface area contributed by atoms with E-state index in [1.54, 1.807) is 0 Å². The molecule has 0 aliphatic carbocycles. The highest BCUT2D eigenvalue weighted by Gasteiger charge is 2.15. The molecule has 0 saturated heterocycles. The number of tetrazole rings is 1. The second-order valence-corrected chi connectivity index (χ2v) is 4.78. The van der Waals surface area contributed by atoms with Crippen LogP contribution in [0.1, 0.15) is 26.7 Å². The first-order chi connectivity index (χ1) is 8.74. The molecule has 98 valence electrons. The number of anilines is 1. The third kappa shape index (κ3) is 2.87. The van der Waals surface area contributed by atoms with Crippen molar-refractivity contribution >= 4 is 23.1 Å². The average molecular weight is 269 g/mol. The Morgan fingerprint density at radius 2 is 2.11 bits per heavy atom. The van der Waals surface area contributed by atoms with Gasteiger partial charge in [-0.3, -0.25) is 0 Å². The van der Waals surface area contributed by atoms with E-state index in [0.29, 0.717) is 18.1 Å². The summed E-state index contributed by atoms with van der Waals surface area (Å²) in [4.78, 5) is 0. The monoisotopic (exact) mass is 268 g/mol.